The van der Waals surface area contributed by atoms with E-state index < -0.39 is 23.9 Å². The number of aromatic carboxylic acids is 1. The van der Waals surface area contributed by atoms with E-state index >= 15 is 0 Å². The van der Waals surface area contributed by atoms with Gasteiger partial charge in [-0.1, -0.05) is 29.8 Å². The summed E-state index contributed by atoms with van der Waals surface area (Å²) >= 11 is 6.09. The van der Waals surface area contributed by atoms with Crippen LogP contribution >= 0.6 is 11.6 Å². The van der Waals surface area contributed by atoms with E-state index in [-0.39, 0.29) is 16.8 Å². The van der Waals surface area contributed by atoms with Gasteiger partial charge in [-0.15, -0.1) is 0 Å². The van der Waals surface area contributed by atoms with Gasteiger partial charge < -0.3 is 20.4 Å². The van der Waals surface area contributed by atoms with E-state index in [1.165, 1.54) is 23.1 Å². The van der Waals surface area contributed by atoms with Gasteiger partial charge in [0.2, 0.25) is 0 Å². The Balaban J connectivity index is 1.67. The van der Waals surface area contributed by atoms with E-state index in [0.717, 1.165) is 5.56 Å². The molecule has 3 aromatic rings. The van der Waals surface area contributed by atoms with Gasteiger partial charge in [0.15, 0.2) is 0 Å². The maximum absolute atomic E-state index is 13.4. The summed E-state index contributed by atoms with van der Waals surface area (Å²) in [6, 6.07) is 16.1. The Kier molecular flexibility index (Phi) is 6.68. The first-order chi connectivity index (χ1) is 16.3. The van der Waals surface area contributed by atoms with Crippen LogP contribution in [-0.4, -0.2) is 34.5 Å². The molecule has 8 heteroatoms. The Hall–Kier alpha value is -3.68. The number of aliphatic hydroxyl groups excluding tert-OH is 1. The Morgan fingerprint density at radius 2 is 1.79 bits per heavy atom. The van der Waals surface area contributed by atoms with Gasteiger partial charge in [-0.3, -0.25) is 9.59 Å². The third-order valence-corrected chi connectivity index (χ3v) is 6.11. The molecule has 2 amide bonds. The smallest absolute Gasteiger partial charge is 0.337 e. The molecule has 34 heavy (non-hydrogen) atoms. The molecule has 0 fully saturated rings. The SMILES string of the molecule is Cc1ccccc1C(=O)Nc1ccc(C(=O)N2CCCC(O)c3cc(Cl)ccc32)cc1C(=O)O. The van der Waals surface area contributed by atoms with Crippen LogP contribution in [0.1, 0.15) is 61.1 Å². The number of anilines is 2. The summed E-state index contributed by atoms with van der Waals surface area (Å²) < 4.78 is 0. The number of benzene rings is 3. The summed E-state index contributed by atoms with van der Waals surface area (Å²) in [6.07, 6.45) is 0.289. The summed E-state index contributed by atoms with van der Waals surface area (Å²) in [5, 5.41) is 23.3. The van der Waals surface area contributed by atoms with Crippen LogP contribution < -0.4 is 10.2 Å². The second-order valence-electron chi connectivity index (χ2n) is 8.15. The number of nitrogens with zero attached hydrogens (tertiary/aromatic N) is 1. The molecule has 0 radical (unpaired) electrons. The van der Waals surface area contributed by atoms with Gasteiger partial charge in [0.05, 0.1) is 17.4 Å². The topological polar surface area (TPSA) is 107 Å². The Bertz CT molecular complexity index is 1290. The second kappa shape index (κ2) is 9.67. The van der Waals surface area contributed by atoms with Crippen molar-refractivity contribution in [3.63, 3.8) is 0 Å². The van der Waals surface area contributed by atoms with Gasteiger partial charge >= 0.3 is 5.97 Å². The van der Waals surface area contributed by atoms with Crippen LogP contribution in [0.2, 0.25) is 5.02 Å². The molecule has 174 valence electrons. The highest BCUT2D eigenvalue weighted by molar-refractivity contribution is 6.30. The van der Waals surface area contributed by atoms with Crippen LogP contribution in [0.5, 0.6) is 0 Å². The number of rotatable bonds is 4. The number of aryl methyl sites for hydroxylation is 1. The summed E-state index contributed by atoms with van der Waals surface area (Å²) in [5.41, 5.74) is 2.33. The number of fused-ring (bicyclic) bond motifs is 1. The minimum atomic E-state index is -1.27. The molecule has 0 aliphatic carbocycles. The van der Waals surface area contributed by atoms with Gasteiger partial charge in [-0.25, -0.2) is 4.79 Å². The number of carboxylic acids is 1. The fourth-order valence-corrected chi connectivity index (χ4v) is 4.28. The highest BCUT2D eigenvalue weighted by Crippen LogP contribution is 2.35. The molecule has 1 heterocycles. The molecule has 0 bridgehead atoms. The fourth-order valence-electron chi connectivity index (χ4n) is 4.10. The van der Waals surface area contributed by atoms with Crippen LogP contribution in [-0.2, 0) is 0 Å². The fraction of sp³-hybridized carbons (Fsp3) is 0.192. The average Bonchev–Trinajstić information content (AvgIpc) is 2.97. The highest BCUT2D eigenvalue weighted by atomic mass is 35.5. The lowest BCUT2D eigenvalue weighted by molar-refractivity contribution is 0.0698. The quantitative estimate of drug-likeness (QED) is 0.485. The van der Waals surface area contributed by atoms with Crippen molar-refractivity contribution >= 4 is 40.8 Å². The number of nitrogens with one attached hydrogen (secondary N) is 1. The summed E-state index contributed by atoms with van der Waals surface area (Å²) in [5.74, 6) is -2.11. The number of amides is 2. The lowest BCUT2D eigenvalue weighted by Gasteiger charge is -2.24. The third-order valence-electron chi connectivity index (χ3n) is 5.88. The molecule has 0 spiro atoms. The van der Waals surface area contributed by atoms with Crippen molar-refractivity contribution in [2.45, 2.75) is 25.9 Å². The van der Waals surface area contributed by atoms with Gasteiger partial charge in [0.25, 0.3) is 11.8 Å². The number of carbonyl (C=O) groups is 3. The monoisotopic (exact) mass is 478 g/mol. The predicted molar refractivity (Wildman–Crippen MR) is 130 cm³/mol. The molecule has 0 saturated heterocycles. The van der Waals surface area contributed by atoms with E-state index in [9.17, 15) is 24.6 Å². The molecular weight excluding hydrogens is 456 g/mol. The zero-order valence-electron chi connectivity index (χ0n) is 18.4. The first kappa shape index (κ1) is 23.5. The first-order valence-electron chi connectivity index (χ1n) is 10.8. The van der Waals surface area contributed by atoms with Crippen LogP contribution in [0.4, 0.5) is 11.4 Å². The number of carboxylic acid groups (broad SMARTS) is 1. The highest BCUT2D eigenvalue weighted by Gasteiger charge is 2.27. The molecule has 3 N–H and O–H groups in total. The van der Waals surface area contributed by atoms with Gasteiger partial charge in [-0.2, -0.15) is 0 Å². The van der Waals surface area contributed by atoms with E-state index in [0.29, 0.717) is 41.2 Å². The zero-order valence-corrected chi connectivity index (χ0v) is 19.2. The van der Waals surface area contributed by atoms with Crippen LogP contribution in [0.25, 0.3) is 0 Å². The minimum Gasteiger partial charge on any atom is -0.478 e. The van der Waals surface area contributed by atoms with E-state index in [1.54, 1.807) is 43.3 Å². The van der Waals surface area contributed by atoms with Gasteiger partial charge in [0, 0.05) is 33.9 Å². The predicted octanol–water partition coefficient (Wildman–Crippen LogP) is 5.07. The van der Waals surface area contributed by atoms with Crippen molar-refractivity contribution in [1.29, 1.82) is 0 Å². The molecular formula is C26H23ClN2O5. The first-order valence-corrected chi connectivity index (χ1v) is 11.2. The third kappa shape index (κ3) is 4.66. The molecule has 1 unspecified atom stereocenters. The van der Waals surface area contributed by atoms with Crippen molar-refractivity contribution in [2.24, 2.45) is 0 Å². The second-order valence-corrected chi connectivity index (χ2v) is 8.59. The largest absolute Gasteiger partial charge is 0.478 e. The maximum atomic E-state index is 13.4. The number of hydrogen-bond acceptors (Lipinski definition) is 4. The minimum absolute atomic E-state index is 0.0933. The van der Waals surface area contributed by atoms with E-state index in [4.69, 9.17) is 11.6 Å². The normalized spacial score (nSPS) is 15.3. The summed E-state index contributed by atoms with van der Waals surface area (Å²) in [4.78, 5) is 39.6. The number of halogens is 1. The molecule has 1 aliphatic rings. The molecule has 0 aromatic heterocycles. The lowest BCUT2D eigenvalue weighted by Crippen LogP contribution is -2.32. The number of aliphatic hydroxyl groups is 1. The zero-order chi connectivity index (χ0) is 24.4. The number of carbonyl (C=O) groups excluding carboxylic acids is 2. The van der Waals surface area contributed by atoms with Crippen LogP contribution in [0.3, 0.4) is 0 Å². The molecule has 0 saturated carbocycles. The Morgan fingerprint density at radius 1 is 1.03 bits per heavy atom. The van der Waals surface area contributed by atoms with Crippen LogP contribution in [0.15, 0.2) is 60.7 Å². The summed E-state index contributed by atoms with van der Waals surface area (Å²) in [7, 11) is 0. The standard InChI is InChI=1S/C26H23ClN2O5/c1-15-5-2-3-6-18(15)24(31)28-21-10-8-16(13-19(21)26(33)34)25(32)29-12-4-7-23(30)20-14-17(27)9-11-22(20)29/h2-3,5-6,8-11,13-14,23,30H,4,7,12H2,1H3,(H,28,31)(H,33,34). The maximum Gasteiger partial charge on any atom is 0.337 e. The van der Waals surface area contributed by atoms with Gasteiger partial charge in [0.1, 0.15) is 0 Å². The Labute approximate surface area is 201 Å². The van der Waals surface area contributed by atoms with Crippen LogP contribution in [0, 0.1) is 6.92 Å². The summed E-state index contributed by atoms with van der Waals surface area (Å²) in [6.45, 7) is 2.15. The van der Waals surface area contributed by atoms with E-state index in [2.05, 4.69) is 5.32 Å². The average molecular weight is 479 g/mol. The van der Waals surface area contributed by atoms with Gasteiger partial charge in [-0.05, 0) is 67.8 Å². The molecule has 4 rings (SSSR count). The lowest BCUT2D eigenvalue weighted by atomic mass is 10.0. The molecule has 3 aromatic carbocycles. The van der Waals surface area contributed by atoms with Crippen molar-refractivity contribution in [3.05, 3.63) is 93.5 Å². The van der Waals surface area contributed by atoms with Crippen molar-refractivity contribution in [3.8, 4) is 0 Å². The van der Waals surface area contributed by atoms with Crippen molar-refractivity contribution in [1.82, 2.24) is 0 Å². The Morgan fingerprint density at radius 3 is 2.53 bits per heavy atom. The number of hydrogen-bond donors (Lipinski definition) is 3. The van der Waals surface area contributed by atoms with Crippen molar-refractivity contribution in [2.75, 3.05) is 16.8 Å². The molecule has 1 atom stereocenters. The molecule has 7 nitrogen and oxygen atoms in total. The van der Waals surface area contributed by atoms with Crippen molar-refractivity contribution < 1.29 is 24.6 Å². The molecule has 1 aliphatic heterocycles. The van der Waals surface area contributed by atoms with E-state index in [1.807, 2.05) is 6.07 Å².